The second kappa shape index (κ2) is 13.2. The number of ether oxygens (including phenoxy) is 2. The molecule has 204 valence electrons. The summed E-state index contributed by atoms with van der Waals surface area (Å²) < 4.78 is 13.2. The summed E-state index contributed by atoms with van der Waals surface area (Å²) in [7, 11) is 0. The predicted octanol–water partition coefficient (Wildman–Crippen LogP) is 6.67. The summed E-state index contributed by atoms with van der Waals surface area (Å²) in [5, 5.41) is 0. The summed E-state index contributed by atoms with van der Waals surface area (Å²) in [5.41, 5.74) is 4.34. The molecule has 4 aromatic rings. The van der Waals surface area contributed by atoms with E-state index in [1.807, 2.05) is 97.1 Å². The fourth-order valence-electron chi connectivity index (χ4n) is 4.52. The number of carbonyl (C=O) groups excluding carboxylic acids is 2. The highest BCUT2D eigenvalue weighted by molar-refractivity contribution is 9.11. The molecule has 5 rings (SSSR count). The van der Waals surface area contributed by atoms with Crippen molar-refractivity contribution >= 4 is 43.7 Å². The summed E-state index contributed by atoms with van der Waals surface area (Å²) in [4.78, 5) is 29.0. The quantitative estimate of drug-likeness (QED) is 0.211. The molecule has 8 heteroatoms. The van der Waals surface area contributed by atoms with Crippen LogP contribution in [0.5, 0.6) is 11.5 Å². The molecule has 1 fully saturated rings. The molecule has 0 saturated carbocycles. The van der Waals surface area contributed by atoms with E-state index in [-0.39, 0.29) is 25.0 Å². The number of piperazine rings is 1. The second-order valence-corrected chi connectivity index (χ2v) is 11.1. The maximum atomic E-state index is 12.8. The van der Waals surface area contributed by atoms with Gasteiger partial charge >= 0.3 is 0 Å². The van der Waals surface area contributed by atoms with Crippen molar-refractivity contribution in [3.63, 3.8) is 0 Å². The zero-order valence-corrected chi connectivity index (χ0v) is 24.9. The molecule has 0 bridgehead atoms. The Morgan fingerprint density at radius 2 is 0.925 bits per heavy atom. The van der Waals surface area contributed by atoms with Crippen LogP contribution in [-0.4, -0.2) is 61.0 Å². The minimum Gasteiger partial charge on any atom is -0.483 e. The zero-order valence-electron chi connectivity index (χ0n) is 21.8. The van der Waals surface area contributed by atoms with Crippen LogP contribution in [0.2, 0.25) is 0 Å². The van der Waals surface area contributed by atoms with Crippen molar-refractivity contribution in [2.24, 2.45) is 0 Å². The summed E-state index contributed by atoms with van der Waals surface area (Å²) in [6.45, 7) is 1.70. The molecule has 2 amide bonds. The van der Waals surface area contributed by atoms with Gasteiger partial charge in [0, 0.05) is 26.2 Å². The Labute approximate surface area is 250 Å². The zero-order chi connectivity index (χ0) is 27.9. The highest BCUT2D eigenvalue weighted by Crippen LogP contribution is 2.32. The van der Waals surface area contributed by atoms with Gasteiger partial charge in [0.15, 0.2) is 13.2 Å². The van der Waals surface area contributed by atoms with Gasteiger partial charge in [0.25, 0.3) is 11.8 Å². The van der Waals surface area contributed by atoms with Gasteiger partial charge in [-0.1, -0.05) is 72.8 Å². The molecule has 0 aliphatic carbocycles. The lowest BCUT2D eigenvalue weighted by atomic mass is 10.1. The van der Waals surface area contributed by atoms with Gasteiger partial charge < -0.3 is 19.3 Å². The van der Waals surface area contributed by atoms with Gasteiger partial charge in [-0.3, -0.25) is 9.59 Å². The molecule has 4 aromatic carbocycles. The molecule has 0 spiro atoms. The first kappa shape index (κ1) is 27.9. The SMILES string of the molecule is O=C(COc1ccc(-c2ccccc2)cc1Br)N1CCN(C(=O)COc2ccc(-c3ccccc3)cc2Br)CC1. The minimum atomic E-state index is -0.107. The first-order chi connectivity index (χ1) is 19.5. The summed E-state index contributed by atoms with van der Waals surface area (Å²) >= 11 is 7.11. The van der Waals surface area contributed by atoms with Crippen molar-refractivity contribution in [2.75, 3.05) is 39.4 Å². The number of halogens is 2. The van der Waals surface area contributed by atoms with Gasteiger partial charge in [-0.25, -0.2) is 0 Å². The molecule has 1 aliphatic heterocycles. The summed E-state index contributed by atoms with van der Waals surface area (Å²) in [6, 6.07) is 31.8. The molecule has 1 aliphatic rings. The van der Waals surface area contributed by atoms with E-state index in [1.54, 1.807) is 9.80 Å². The average molecular weight is 664 g/mol. The third kappa shape index (κ3) is 6.92. The lowest BCUT2D eigenvalue weighted by Gasteiger charge is -2.34. The molecule has 0 aromatic heterocycles. The van der Waals surface area contributed by atoms with E-state index in [9.17, 15) is 9.59 Å². The van der Waals surface area contributed by atoms with E-state index in [2.05, 4.69) is 31.9 Å². The van der Waals surface area contributed by atoms with Crippen LogP contribution in [-0.2, 0) is 9.59 Å². The van der Waals surface area contributed by atoms with E-state index in [0.717, 1.165) is 31.2 Å². The molecular weight excluding hydrogens is 636 g/mol. The number of rotatable bonds is 8. The van der Waals surface area contributed by atoms with Crippen LogP contribution in [0.25, 0.3) is 22.3 Å². The van der Waals surface area contributed by atoms with E-state index in [0.29, 0.717) is 37.7 Å². The smallest absolute Gasteiger partial charge is 0.260 e. The standard InChI is InChI=1S/C32H28Br2N2O4/c33-27-19-25(23-7-3-1-4-8-23)11-13-29(27)39-21-31(37)35-15-17-36(18-16-35)32(38)22-40-30-14-12-26(20-28(30)34)24-9-5-2-6-10-24/h1-14,19-20H,15-18,21-22H2. The Balaban J connectivity index is 1.07. The molecule has 40 heavy (non-hydrogen) atoms. The third-order valence-corrected chi connectivity index (χ3v) is 8.00. The number of amides is 2. The topological polar surface area (TPSA) is 59.1 Å². The van der Waals surface area contributed by atoms with Gasteiger partial charge in [-0.15, -0.1) is 0 Å². The fraction of sp³-hybridized carbons (Fsp3) is 0.188. The molecule has 1 heterocycles. The minimum absolute atomic E-state index is 0.0622. The Kier molecular flexibility index (Phi) is 9.19. The summed E-state index contributed by atoms with van der Waals surface area (Å²) in [6.07, 6.45) is 0. The summed E-state index contributed by atoms with van der Waals surface area (Å²) in [5.74, 6) is 1.01. The number of hydrogen-bond acceptors (Lipinski definition) is 4. The van der Waals surface area contributed by atoms with Crippen LogP contribution in [0.4, 0.5) is 0 Å². The van der Waals surface area contributed by atoms with Crippen molar-refractivity contribution in [1.29, 1.82) is 0 Å². The molecule has 1 saturated heterocycles. The van der Waals surface area contributed by atoms with Gasteiger partial charge in [-0.05, 0) is 78.4 Å². The Hall–Kier alpha value is -3.62. The molecular formula is C32H28Br2N2O4. The number of nitrogens with zero attached hydrogens (tertiary/aromatic N) is 2. The molecule has 0 unspecified atom stereocenters. The van der Waals surface area contributed by atoms with Crippen LogP contribution in [0, 0.1) is 0 Å². The fourth-order valence-corrected chi connectivity index (χ4v) is 5.51. The molecule has 0 atom stereocenters. The third-order valence-electron chi connectivity index (χ3n) is 6.77. The van der Waals surface area contributed by atoms with E-state index in [4.69, 9.17) is 9.47 Å². The maximum Gasteiger partial charge on any atom is 0.260 e. The first-order valence-corrected chi connectivity index (χ1v) is 14.6. The Morgan fingerprint density at radius 1 is 0.550 bits per heavy atom. The lowest BCUT2D eigenvalue weighted by Crippen LogP contribution is -2.52. The average Bonchev–Trinajstić information content (AvgIpc) is 3.00. The van der Waals surface area contributed by atoms with Crippen LogP contribution in [0.15, 0.2) is 106 Å². The van der Waals surface area contributed by atoms with Crippen LogP contribution < -0.4 is 9.47 Å². The van der Waals surface area contributed by atoms with Gasteiger partial charge in [0.1, 0.15) is 11.5 Å². The molecule has 0 radical (unpaired) electrons. The second-order valence-electron chi connectivity index (χ2n) is 9.36. The van der Waals surface area contributed by atoms with Crippen molar-refractivity contribution in [3.05, 3.63) is 106 Å². The van der Waals surface area contributed by atoms with Gasteiger partial charge in [-0.2, -0.15) is 0 Å². The Morgan fingerprint density at radius 3 is 1.27 bits per heavy atom. The van der Waals surface area contributed by atoms with Gasteiger partial charge in [0.2, 0.25) is 0 Å². The van der Waals surface area contributed by atoms with Crippen molar-refractivity contribution in [1.82, 2.24) is 9.80 Å². The highest BCUT2D eigenvalue weighted by Gasteiger charge is 2.25. The van der Waals surface area contributed by atoms with Crippen LogP contribution in [0.3, 0.4) is 0 Å². The van der Waals surface area contributed by atoms with Crippen molar-refractivity contribution < 1.29 is 19.1 Å². The number of hydrogen-bond donors (Lipinski definition) is 0. The number of benzene rings is 4. The van der Waals surface area contributed by atoms with E-state index >= 15 is 0 Å². The Bertz CT molecular complexity index is 1360. The highest BCUT2D eigenvalue weighted by atomic mass is 79.9. The molecule has 0 N–H and O–H groups in total. The molecule has 6 nitrogen and oxygen atoms in total. The largest absolute Gasteiger partial charge is 0.483 e. The van der Waals surface area contributed by atoms with E-state index in [1.165, 1.54) is 0 Å². The van der Waals surface area contributed by atoms with Crippen molar-refractivity contribution in [3.8, 4) is 33.8 Å². The first-order valence-electron chi connectivity index (χ1n) is 13.0. The van der Waals surface area contributed by atoms with Crippen LogP contribution >= 0.6 is 31.9 Å². The van der Waals surface area contributed by atoms with Gasteiger partial charge in [0.05, 0.1) is 8.95 Å². The van der Waals surface area contributed by atoms with Crippen molar-refractivity contribution in [2.45, 2.75) is 0 Å². The van der Waals surface area contributed by atoms with E-state index < -0.39 is 0 Å². The normalized spacial score (nSPS) is 13.2. The predicted molar refractivity (Wildman–Crippen MR) is 163 cm³/mol. The monoisotopic (exact) mass is 662 g/mol. The number of carbonyl (C=O) groups is 2. The van der Waals surface area contributed by atoms with Crippen LogP contribution in [0.1, 0.15) is 0 Å². The maximum absolute atomic E-state index is 12.8. The lowest BCUT2D eigenvalue weighted by molar-refractivity contribution is -0.141.